The number of rotatable bonds is 7. The van der Waals surface area contributed by atoms with Crippen molar-refractivity contribution in [3.8, 4) is 0 Å². The number of ether oxygens (including phenoxy) is 1. The van der Waals surface area contributed by atoms with Gasteiger partial charge >= 0.3 is 0 Å². The predicted octanol–water partition coefficient (Wildman–Crippen LogP) is 0.754. The van der Waals surface area contributed by atoms with Gasteiger partial charge in [-0.2, -0.15) is 0 Å². The quantitative estimate of drug-likeness (QED) is 0.636. The second kappa shape index (κ2) is 7.65. The van der Waals surface area contributed by atoms with Crippen molar-refractivity contribution in [1.82, 2.24) is 4.90 Å². The minimum Gasteiger partial charge on any atom is -0.379 e. The summed E-state index contributed by atoms with van der Waals surface area (Å²) in [6.07, 6.45) is 5.02. The summed E-state index contributed by atoms with van der Waals surface area (Å²) in [5, 5.41) is 0. The molecule has 4 heteroatoms. The third-order valence-electron chi connectivity index (χ3n) is 2.75. The summed E-state index contributed by atoms with van der Waals surface area (Å²) in [4.78, 5) is 12.9. The van der Waals surface area contributed by atoms with E-state index in [1.165, 1.54) is 19.4 Å². The minimum atomic E-state index is -0.178. The largest absolute Gasteiger partial charge is 0.379 e. The van der Waals surface area contributed by atoms with Crippen LogP contribution in [0.25, 0.3) is 0 Å². The molecule has 1 aliphatic rings. The third kappa shape index (κ3) is 6.47. The second-order valence-electron chi connectivity index (χ2n) is 4.08. The molecule has 0 spiro atoms. The lowest BCUT2D eigenvalue weighted by molar-refractivity contribution is -0.118. The number of carbonyl (C=O) groups is 1. The number of unbranched alkanes of at least 4 members (excludes halogenated alkanes) is 3. The van der Waals surface area contributed by atoms with Crippen molar-refractivity contribution in [2.24, 2.45) is 5.73 Å². The molecule has 2 N–H and O–H groups in total. The van der Waals surface area contributed by atoms with Gasteiger partial charge in [-0.05, 0) is 19.4 Å². The molecular formula is C11H22N2O2. The van der Waals surface area contributed by atoms with Gasteiger partial charge in [-0.15, -0.1) is 0 Å². The van der Waals surface area contributed by atoms with Gasteiger partial charge in [-0.1, -0.05) is 12.8 Å². The molecule has 1 aliphatic heterocycles. The summed E-state index contributed by atoms with van der Waals surface area (Å²) in [6, 6.07) is 0. The maximum absolute atomic E-state index is 10.5. The van der Waals surface area contributed by atoms with Crippen molar-refractivity contribution in [3.05, 3.63) is 0 Å². The molecule has 4 nitrogen and oxygen atoms in total. The summed E-state index contributed by atoms with van der Waals surface area (Å²) in [5.74, 6) is -0.178. The first-order chi connectivity index (χ1) is 7.29. The number of morpholine rings is 1. The highest BCUT2D eigenvalue weighted by Gasteiger charge is 2.08. The molecule has 1 heterocycles. The number of hydrogen-bond acceptors (Lipinski definition) is 3. The average molecular weight is 214 g/mol. The molecule has 0 bridgehead atoms. The Morgan fingerprint density at radius 3 is 2.47 bits per heavy atom. The molecule has 0 aliphatic carbocycles. The maximum Gasteiger partial charge on any atom is 0.217 e. The van der Waals surface area contributed by atoms with Gasteiger partial charge in [0.15, 0.2) is 0 Å². The molecule has 88 valence electrons. The SMILES string of the molecule is NC(=O)CCCCCCN1CCOCC1. The zero-order valence-electron chi connectivity index (χ0n) is 9.41. The van der Waals surface area contributed by atoms with Crippen LogP contribution in [0.15, 0.2) is 0 Å². The van der Waals surface area contributed by atoms with E-state index in [1.807, 2.05) is 0 Å². The Hall–Kier alpha value is -0.610. The monoisotopic (exact) mass is 214 g/mol. The fourth-order valence-corrected chi connectivity index (χ4v) is 1.81. The number of amides is 1. The van der Waals surface area contributed by atoms with Crippen molar-refractivity contribution in [2.75, 3.05) is 32.8 Å². The number of hydrogen-bond donors (Lipinski definition) is 1. The Morgan fingerprint density at radius 1 is 1.13 bits per heavy atom. The van der Waals surface area contributed by atoms with Gasteiger partial charge < -0.3 is 10.5 Å². The normalized spacial score (nSPS) is 17.9. The fourth-order valence-electron chi connectivity index (χ4n) is 1.81. The topological polar surface area (TPSA) is 55.6 Å². The molecule has 1 saturated heterocycles. The van der Waals surface area contributed by atoms with Gasteiger partial charge in [-0.3, -0.25) is 9.69 Å². The highest BCUT2D eigenvalue weighted by atomic mass is 16.5. The Labute approximate surface area is 91.8 Å². The predicted molar refractivity (Wildman–Crippen MR) is 59.5 cm³/mol. The highest BCUT2D eigenvalue weighted by Crippen LogP contribution is 2.05. The summed E-state index contributed by atoms with van der Waals surface area (Å²) >= 11 is 0. The minimum absolute atomic E-state index is 0.178. The fraction of sp³-hybridized carbons (Fsp3) is 0.909. The maximum atomic E-state index is 10.5. The molecule has 1 amide bonds. The van der Waals surface area contributed by atoms with E-state index < -0.39 is 0 Å². The number of carbonyl (C=O) groups excluding carboxylic acids is 1. The van der Waals surface area contributed by atoms with E-state index in [9.17, 15) is 4.79 Å². The lowest BCUT2D eigenvalue weighted by Gasteiger charge is -2.26. The molecule has 0 unspecified atom stereocenters. The van der Waals surface area contributed by atoms with E-state index in [-0.39, 0.29) is 5.91 Å². The van der Waals surface area contributed by atoms with Gasteiger partial charge in [0.2, 0.25) is 5.91 Å². The summed E-state index contributed by atoms with van der Waals surface area (Å²) < 4.78 is 5.28. The van der Waals surface area contributed by atoms with Crippen molar-refractivity contribution in [1.29, 1.82) is 0 Å². The van der Waals surface area contributed by atoms with E-state index in [2.05, 4.69) is 4.90 Å². The van der Waals surface area contributed by atoms with Crippen molar-refractivity contribution in [2.45, 2.75) is 32.1 Å². The zero-order valence-corrected chi connectivity index (χ0v) is 9.41. The molecule has 0 aromatic rings. The molecular weight excluding hydrogens is 192 g/mol. The van der Waals surface area contributed by atoms with E-state index in [4.69, 9.17) is 10.5 Å². The van der Waals surface area contributed by atoms with Crippen molar-refractivity contribution < 1.29 is 9.53 Å². The summed E-state index contributed by atoms with van der Waals surface area (Å²) in [7, 11) is 0. The Morgan fingerprint density at radius 2 is 1.80 bits per heavy atom. The van der Waals surface area contributed by atoms with Crippen LogP contribution in [0.4, 0.5) is 0 Å². The van der Waals surface area contributed by atoms with Gasteiger partial charge in [0.25, 0.3) is 0 Å². The van der Waals surface area contributed by atoms with Gasteiger partial charge in [0.1, 0.15) is 0 Å². The molecule has 1 rings (SSSR count). The van der Waals surface area contributed by atoms with E-state index in [1.54, 1.807) is 0 Å². The first kappa shape index (κ1) is 12.5. The Balaban J connectivity index is 1.85. The van der Waals surface area contributed by atoms with Crippen LogP contribution in [-0.4, -0.2) is 43.7 Å². The van der Waals surface area contributed by atoms with Crippen LogP contribution in [0, 0.1) is 0 Å². The number of primary amides is 1. The Kier molecular flexibility index (Phi) is 6.36. The first-order valence-electron chi connectivity index (χ1n) is 5.87. The van der Waals surface area contributed by atoms with E-state index in [0.29, 0.717) is 6.42 Å². The lowest BCUT2D eigenvalue weighted by Crippen LogP contribution is -2.36. The Bertz CT molecular complexity index is 179. The van der Waals surface area contributed by atoms with E-state index >= 15 is 0 Å². The average Bonchev–Trinajstić information content (AvgIpc) is 2.24. The van der Waals surface area contributed by atoms with Crippen LogP contribution >= 0.6 is 0 Å². The smallest absolute Gasteiger partial charge is 0.217 e. The summed E-state index contributed by atoms with van der Waals surface area (Å²) in [5.41, 5.74) is 5.06. The standard InChI is InChI=1S/C11H22N2O2/c12-11(14)5-3-1-2-4-6-13-7-9-15-10-8-13/h1-10H2,(H2,12,14). The number of nitrogens with two attached hydrogens (primary N) is 1. The van der Waals surface area contributed by atoms with Crippen LogP contribution < -0.4 is 5.73 Å². The molecule has 15 heavy (non-hydrogen) atoms. The van der Waals surface area contributed by atoms with Crippen LogP contribution in [0.3, 0.4) is 0 Å². The molecule has 0 atom stereocenters. The molecule has 0 saturated carbocycles. The summed E-state index contributed by atoms with van der Waals surface area (Å²) in [6.45, 7) is 5.06. The van der Waals surface area contributed by atoms with Crippen LogP contribution in [0.2, 0.25) is 0 Å². The zero-order chi connectivity index (χ0) is 10.9. The molecule has 1 fully saturated rings. The van der Waals surface area contributed by atoms with Crippen LogP contribution in [0.5, 0.6) is 0 Å². The van der Waals surface area contributed by atoms with Gasteiger partial charge in [0, 0.05) is 19.5 Å². The highest BCUT2D eigenvalue weighted by molar-refractivity contribution is 5.73. The van der Waals surface area contributed by atoms with E-state index in [0.717, 1.165) is 39.1 Å². The van der Waals surface area contributed by atoms with Crippen molar-refractivity contribution in [3.63, 3.8) is 0 Å². The lowest BCUT2D eigenvalue weighted by atomic mass is 10.1. The number of nitrogens with zero attached hydrogens (tertiary/aromatic N) is 1. The second-order valence-corrected chi connectivity index (χ2v) is 4.08. The van der Waals surface area contributed by atoms with Crippen LogP contribution in [-0.2, 0) is 9.53 Å². The third-order valence-corrected chi connectivity index (χ3v) is 2.75. The van der Waals surface area contributed by atoms with Crippen LogP contribution in [0.1, 0.15) is 32.1 Å². The van der Waals surface area contributed by atoms with Gasteiger partial charge in [0.05, 0.1) is 13.2 Å². The molecule has 0 radical (unpaired) electrons. The molecule has 0 aromatic heterocycles. The molecule has 0 aromatic carbocycles. The van der Waals surface area contributed by atoms with Gasteiger partial charge in [-0.25, -0.2) is 0 Å². The van der Waals surface area contributed by atoms with Crippen molar-refractivity contribution >= 4 is 5.91 Å². The first-order valence-corrected chi connectivity index (χ1v) is 5.87.